The Balaban J connectivity index is 1.87. The van der Waals surface area contributed by atoms with E-state index in [0.29, 0.717) is 30.9 Å². The molecule has 0 unspecified atom stereocenters. The van der Waals surface area contributed by atoms with Gasteiger partial charge in [-0.25, -0.2) is 4.98 Å². The van der Waals surface area contributed by atoms with Crippen molar-refractivity contribution in [2.75, 3.05) is 26.7 Å². The first kappa shape index (κ1) is 22.4. The molecule has 1 saturated heterocycles. The molecule has 0 saturated carbocycles. The first-order chi connectivity index (χ1) is 14.3. The highest BCUT2D eigenvalue weighted by Crippen LogP contribution is 2.37. The van der Waals surface area contributed by atoms with Crippen molar-refractivity contribution in [3.05, 3.63) is 47.1 Å². The molecular formula is C22H27N3O3S2. The van der Waals surface area contributed by atoms with Crippen LogP contribution in [-0.4, -0.2) is 59.4 Å². The maximum Gasteiger partial charge on any atom is 0.257 e. The molecule has 30 heavy (non-hydrogen) atoms. The summed E-state index contributed by atoms with van der Waals surface area (Å²) < 4.78 is 6.62. The van der Waals surface area contributed by atoms with E-state index in [9.17, 15) is 9.59 Å². The number of carbonyl (C=O) groups excluding carboxylic acids is 2. The number of amides is 2. The van der Waals surface area contributed by atoms with Crippen LogP contribution < -0.4 is 4.74 Å². The Kier molecular flexibility index (Phi) is 7.20. The minimum absolute atomic E-state index is 0.0751. The van der Waals surface area contributed by atoms with Crippen LogP contribution in [0.5, 0.6) is 5.75 Å². The largest absolute Gasteiger partial charge is 0.496 e. The van der Waals surface area contributed by atoms with Gasteiger partial charge in [-0.3, -0.25) is 9.59 Å². The predicted molar refractivity (Wildman–Crippen MR) is 121 cm³/mol. The lowest BCUT2D eigenvalue weighted by atomic mass is 10.1. The molecule has 3 rings (SSSR count). The minimum Gasteiger partial charge on any atom is -0.496 e. The number of ether oxygens (including phenoxy) is 1. The van der Waals surface area contributed by atoms with E-state index in [0.717, 1.165) is 26.1 Å². The van der Waals surface area contributed by atoms with Crippen LogP contribution in [0.2, 0.25) is 0 Å². The van der Waals surface area contributed by atoms with Crippen molar-refractivity contribution in [1.29, 1.82) is 0 Å². The van der Waals surface area contributed by atoms with Crippen molar-refractivity contribution in [2.45, 2.75) is 42.3 Å². The Labute approximate surface area is 185 Å². The SMILES string of the molecule is C=CC(=O)N1CCCN(C(=O)c2cc(Sc3cnc(C)s3)c(C)cc2OC)C[C@H]1C. The van der Waals surface area contributed by atoms with Gasteiger partial charge in [0.25, 0.3) is 5.91 Å². The van der Waals surface area contributed by atoms with Crippen LogP contribution in [0.3, 0.4) is 0 Å². The monoisotopic (exact) mass is 445 g/mol. The molecule has 1 aromatic heterocycles. The highest BCUT2D eigenvalue weighted by molar-refractivity contribution is 8.01. The normalized spacial score (nSPS) is 16.9. The predicted octanol–water partition coefficient (Wildman–Crippen LogP) is 4.17. The third-order valence-corrected chi connectivity index (χ3v) is 7.30. The van der Waals surface area contributed by atoms with E-state index >= 15 is 0 Å². The van der Waals surface area contributed by atoms with E-state index in [-0.39, 0.29) is 17.9 Å². The molecule has 0 spiro atoms. The van der Waals surface area contributed by atoms with E-state index in [4.69, 9.17) is 4.74 Å². The Hall–Kier alpha value is -2.32. The fourth-order valence-corrected chi connectivity index (χ4v) is 5.58. The van der Waals surface area contributed by atoms with Gasteiger partial charge in [0, 0.05) is 30.6 Å². The van der Waals surface area contributed by atoms with E-state index < -0.39 is 0 Å². The Morgan fingerprint density at radius 3 is 2.73 bits per heavy atom. The van der Waals surface area contributed by atoms with E-state index in [2.05, 4.69) is 11.6 Å². The van der Waals surface area contributed by atoms with Gasteiger partial charge in [-0.1, -0.05) is 18.3 Å². The smallest absolute Gasteiger partial charge is 0.257 e. The van der Waals surface area contributed by atoms with Crippen molar-refractivity contribution < 1.29 is 14.3 Å². The van der Waals surface area contributed by atoms with Gasteiger partial charge in [-0.05, 0) is 51.0 Å². The average molecular weight is 446 g/mol. The topological polar surface area (TPSA) is 62.7 Å². The zero-order chi connectivity index (χ0) is 21.8. The van der Waals surface area contributed by atoms with Gasteiger partial charge in [-0.2, -0.15) is 0 Å². The van der Waals surface area contributed by atoms with Crippen LogP contribution in [0.4, 0.5) is 0 Å². The highest BCUT2D eigenvalue weighted by Gasteiger charge is 2.28. The number of hydrogen-bond donors (Lipinski definition) is 0. The molecule has 1 fully saturated rings. The van der Waals surface area contributed by atoms with Gasteiger partial charge in [-0.15, -0.1) is 11.3 Å². The zero-order valence-corrected chi connectivity index (χ0v) is 19.4. The Bertz CT molecular complexity index is 957. The summed E-state index contributed by atoms with van der Waals surface area (Å²) in [6.07, 6.45) is 3.92. The molecule has 0 bridgehead atoms. The number of aryl methyl sites for hydroxylation is 2. The maximum atomic E-state index is 13.4. The van der Waals surface area contributed by atoms with Gasteiger partial charge in [0.1, 0.15) is 5.75 Å². The number of aromatic nitrogens is 1. The summed E-state index contributed by atoms with van der Waals surface area (Å²) >= 11 is 3.24. The summed E-state index contributed by atoms with van der Waals surface area (Å²) in [7, 11) is 1.58. The molecule has 2 amide bonds. The van der Waals surface area contributed by atoms with Gasteiger partial charge in [0.05, 0.1) is 28.1 Å². The number of methoxy groups -OCH3 is 1. The maximum absolute atomic E-state index is 13.4. The lowest BCUT2D eigenvalue weighted by molar-refractivity contribution is -0.127. The van der Waals surface area contributed by atoms with Gasteiger partial charge in [0.15, 0.2) is 0 Å². The fourth-order valence-electron chi connectivity index (χ4n) is 3.57. The molecule has 2 heterocycles. The minimum atomic E-state index is -0.0942. The quantitative estimate of drug-likeness (QED) is 0.647. The number of benzene rings is 1. The summed E-state index contributed by atoms with van der Waals surface area (Å²) in [5.41, 5.74) is 1.59. The molecule has 2 aromatic rings. The number of rotatable bonds is 5. The number of thiazole rings is 1. The third-order valence-electron chi connectivity index (χ3n) is 5.13. The van der Waals surface area contributed by atoms with Crippen molar-refractivity contribution in [2.24, 2.45) is 0 Å². The van der Waals surface area contributed by atoms with Gasteiger partial charge < -0.3 is 14.5 Å². The standard InChI is InChI=1S/C22H27N3O3S2/c1-6-20(26)25-9-7-8-24(13-15(25)3)22(27)17-11-19(14(2)10-18(17)28-5)30-21-12-23-16(4)29-21/h6,10-12,15H,1,7-9,13H2,2-5H3/t15-/m1/s1. The van der Waals surface area contributed by atoms with E-state index in [1.165, 1.54) is 6.08 Å². The Morgan fingerprint density at radius 2 is 2.10 bits per heavy atom. The second kappa shape index (κ2) is 9.66. The number of nitrogens with zero attached hydrogens (tertiary/aromatic N) is 3. The second-order valence-corrected chi connectivity index (χ2v) is 9.88. The zero-order valence-electron chi connectivity index (χ0n) is 17.8. The van der Waals surface area contributed by atoms with Crippen LogP contribution in [0, 0.1) is 13.8 Å². The van der Waals surface area contributed by atoms with E-state index in [1.54, 1.807) is 35.1 Å². The molecule has 160 valence electrons. The van der Waals surface area contributed by atoms with Gasteiger partial charge >= 0.3 is 0 Å². The molecule has 6 nitrogen and oxygen atoms in total. The van der Waals surface area contributed by atoms with Crippen LogP contribution in [0.15, 0.2) is 40.1 Å². The molecule has 0 aliphatic carbocycles. The fraction of sp³-hybridized carbons (Fsp3) is 0.409. The van der Waals surface area contributed by atoms with Crippen molar-refractivity contribution >= 4 is 34.9 Å². The third kappa shape index (κ3) is 4.87. The molecule has 1 aliphatic heterocycles. The summed E-state index contributed by atoms with van der Waals surface area (Å²) in [6.45, 7) is 11.2. The summed E-state index contributed by atoms with van der Waals surface area (Å²) in [5.74, 6) is 0.399. The van der Waals surface area contributed by atoms with Crippen molar-refractivity contribution in [3.8, 4) is 5.75 Å². The molecule has 0 radical (unpaired) electrons. The average Bonchev–Trinajstić information content (AvgIpc) is 3.03. The van der Waals surface area contributed by atoms with E-state index in [1.807, 2.05) is 44.0 Å². The van der Waals surface area contributed by atoms with Crippen LogP contribution in [0.25, 0.3) is 0 Å². The Morgan fingerprint density at radius 1 is 1.33 bits per heavy atom. The van der Waals surface area contributed by atoms with Crippen molar-refractivity contribution in [1.82, 2.24) is 14.8 Å². The summed E-state index contributed by atoms with van der Waals surface area (Å²) in [4.78, 5) is 34.5. The summed E-state index contributed by atoms with van der Waals surface area (Å²) in [6, 6.07) is 3.75. The van der Waals surface area contributed by atoms with Crippen LogP contribution in [-0.2, 0) is 4.79 Å². The molecule has 1 aliphatic rings. The van der Waals surface area contributed by atoms with Crippen LogP contribution >= 0.6 is 23.1 Å². The number of carbonyl (C=O) groups is 2. The molecule has 1 aromatic carbocycles. The lowest BCUT2D eigenvalue weighted by Gasteiger charge is -2.28. The number of hydrogen-bond acceptors (Lipinski definition) is 6. The van der Waals surface area contributed by atoms with Gasteiger partial charge in [0.2, 0.25) is 5.91 Å². The molecule has 1 atom stereocenters. The molecule has 0 N–H and O–H groups in total. The van der Waals surface area contributed by atoms with Crippen LogP contribution in [0.1, 0.15) is 34.3 Å². The molecule has 8 heteroatoms. The summed E-state index contributed by atoms with van der Waals surface area (Å²) in [5, 5.41) is 1.01. The molecular weight excluding hydrogens is 418 g/mol. The first-order valence-corrected chi connectivity index (χ1v) is 11.5. The lowest BCUT2D eigenvalue weighted by Crippen LogP contribution is -2.43. The van der Waals surface area contributed by atoms with Crippen molar-refractivity contribution in [3.63, 3.8) is 0 Å². The first-order valence-electron chi connectivity index (χ1n) is 9.85. The second-order valence-electron chi connectivity index (χ2n) is 7.31. The highest BCUT2D eigenvalue weighted by atomic mass is 32.2.